The normalized spacial score (nSPS) is 13.7. The highest BCUT2D eigenvalue weighted by Gasteiger charge is 2.17. The van der Waals surface area contributed by atoms with Crippen LogP contribution in [-0.2, 0) is 4.79 Å². The minimum Gasteiger partial charge on any atom is -0.497 e. The molecule has 0 aliphatic heterocycles. The largest absolute Gasteiger partial charge is 0.497 e. The molecule has 6 heteroatoms. The van der Waals surface area contributed by atoms with Crippen LogP contribution in [0.2, 0.25) is 0 Å². The molecule has 1 fully saturated rings. The van der Waals surface area contributed by atoms with Crippen LogP contribution >= 0.6 is 0 Å². The number of amides is 2. The van der Waals surface area contributed by atoms with Gasteiger partial charge in [0.25, 0.3) is 5.91 Å². The average Bonchev–Trinajstić information content (AvgIpc) is 3.26. The van der Waals surface area contributed by atoms with Gasteiger partial charge in [-0.3, -0.25) is 9.59 Å². The van der Waals surface area contributed by atoms with Gasteiger partial charge >= 0.3 is 0 Å². The molecule has 0 atom stereocenters. The van der Waals surface area contributed by atoms with Gasteiger partial charge < -0.3 is 20.1 Å². The summed E-state index contributed by atoms with van der Waals surface area (Å²) in [5.74, 6) is 1.61. The van der Waals surface area contributed by atoms with Crippen molar-refractivity contribution in [2.45, 2.75) is 38.5 Å². The van der Waals surface area contributed by atoms with Crippen molar-refractivity contribution in [2.75, 3.05) is 24.9 Å². The van der Waals surface area contributed by atoms with Crippen molar-refractivity contribution in [3.63, 3.8) is 0 Å². The van der Waals surface area contributed by atoms with E-state index in [4.69, 9.17) is 9.47 Å². The molecule has 154 valence electrons. The molecule has 0 spiro atoms. The maximum atomic E-state index is 12.6. The summed E-state index contributed by atoms with van der Waals surface area (Å²) in [6, 6.07) is 12.1. The molecule has 0 aromatic heterocycles. The first-order valence-corrected chi connectivity index (χ1v) is 10.0. The van der Waals surface area contributed by atoms with Gasteiger partial charge in [-0.15, -0.1) is 0 Å². The summed E-state index contributed by atoms with van der Waals surface area (Å²) < 4.78 is 10.5. The lowest BCUT2D eigenvalue weighted by atomic mass is 10.0. The van der Waals surface area contributed by atoms with Gasteiger partial charge in [0.1, 0.15) is 11.5 Å². The Hall–Kier alpha value is -3.02. The van der Waals surface area contributed by atoms with Crippen LogP contribution in [0.25, 0.3) is 0 Å². The van der Waals surface area contributed by atoms with Crippen LogP contribution in [0.15, 0.2) is 42.5 Å². The smallest absolute Gasteiger partial charge is 0.255 e. The lowest BCUT2D eigenvalue weighted by Crippen LogP contribution is -2.15. The van der Waals surface area contributed by atoms with E-state index in [0.29, 0.717) is 40.8 Å². The van der Waals surface area contributed by atoms with Crippen LogP contribution < -0.4 is 20.1 Å². The second-order valence-electron chi connectivity index (χ2n) is 7.34. The zero-order valence-electron chi connectivity index (χ0n) is 17.0. The molecule has 0 bridgehead atoms. The van der Waals surface area contributed by atoms with Crippen LogP contribution in [0, 0.1) is 5.92 Å². The minimum absolute atomic E-state index is 0.00509. The summed E-state index contributed by atoms with van der Waals surface area (Å²) in [5.41, 5.74) is 1.63. The predicted octanol–water partition coefficient (Wildman–Crippen LogP) is 4.87. The molecular weight excluding hydrogens is 368 g/mol. The highest BCUT2D eigenvalue weighted by Crippen LogP contribution is 2.30. The summed E-state index contributed by atoms with van der Waals surface area (Å²) in [5, 5.41) is 5.77. The zero-order chi connectivity index (χ0) is 20.6. The standard InChI is InChI=1S/C23H28N2O4/c1-28-19-11-8-17(9-12-19)23(27)25-20-15-18(10-13-21(20)29-2)24-22(26)14-7-16-5-3-4-6-16/h8-13,15-16H,3-7,14H2,1-2H3,(H,24,26)(H,25,27). The number of nitrogens with one attached hydrogen (secondary N) is 2. The third-order valence-electron chi connectivity index (χ3n) is 5.34. The first kappa shape index (κ1) is 20.7. The molecule has 2 aromatic carbocycles. The molecule has 2 amide bonds. The van der Waals surface area contributed by atoms with Gasteiger partial charge in [-0.2, -0.15) is 0 Å². The Kier molecular flexibility index (Phi) is 7.11. The van der Waals surface area contributed by atoms with Crippen molar-refractivity contribution in [1.82, 2.24) is 0 Å². The topological polar surface area (TPSA) is 76.7 Å². The maximum absolute atomic E-state index is 12.6. The van der Waals surface area contributed by atoms with E-state index in [2.05, 4.69) is 10.6 Å². The van der Waals surface area contributed by atoms with Gasteiger partial charge in [-0.1, -0.05) is 25.7 Å². The first-order chi connectivity index (χ1) is 14.1. The lowest BCUT2D eigenvalue weighted by Gasteiger charge is -2.14. The van der Waals surface area contributed by atoms with Crippen molar-refractivity contribution in [2.24, 2.45) is 5.92 Å². The third kappa shape index (κ3) is 5.73. The summed E-state index contributed by atoms with van der Waals surface area (Å²) >= 11 is 0. The van der Waals surface area contributed by atoms with E-state index in [9.17, 15) is 9.59 Å². The van der Waals surface area contributed by atoms with E-state index in [-0.39, 0.29) is 11.8 Å². The van der Waals surface area contributed by atoms with Gasteiger partial charge in [0.05, 0.1) is 19.9 Å². The van der Waals surface area contributed by atoms with Crippen LogP contribution in [-0.4, -0.2) is 26.0 Å². The maximum Gasteiger partial charge on any atom is 0.255 e. The monoisotopic (exact) mass is 396 g/mol. The summed E-state index contributed by atoms with van der Waals surface area (Å²) in [6.07, 6.45) is 6.48. The molecule has 2 aromatic rings. The van der Waals surface area contributed by atoms with Crippen LogP contribution in [0.5, 0.6) is 11.5 Å². The second-order valence-corrected chi connectivity index (χ2v) is 7.34. The summed E-state index contributed by atoms with van der Waals surface area (Å²) in [7, 11) is 3.12. The quantitative estimate of drug-likeness (QED) is 0.668. The Labute approximate surface area is 171 Å². The summed E-state index contributed by atoms with van der Waals surface area (Å²) in [6.45, 7) is 0. The SMILES string of the molecule is COc1ccc(C(=O)Nc2cc(NC(=O)CCC3CCCC3)ccc2OC)cc1. The van der Waals surface area contributed by atoms with Gasteiger partial charge in [0, 0.05) is 17.7 Å². The predicted molar refractivity (Wildman–Crippen MR) is 114 cm³/mol. The van der Waals surface area contributed by atoms with E-state index >= 15 is 0 Å². The molecule has 0 unspecified atom stereocenters. The molecule has 1 aliphatic rings. The van der Waals surface area contributed by atoms with Gasteiger partial charge in [-0.05, 0) is 54.8 Å². The Balaban J connectivity index is 1.64. The number of ether oxygens (including phenoxy) is 2. The van der Waals surface area contributed by atoms with Gasteiger partial charge in [-0.25, -0.2) is 0 Å². The molecule has 0 heterocycles. The van der Waals surface area contributed by atoms with Crippen molar-refractivity contribution in [1.29, 1.82) is 0 Å². The van der Waals surface area contributed by atoms with Crippen molar-refractivity contribution < 1.29 is 19.1 Å². The number of methoxy groups -OCH3 is 2. The number of benzene rings is 2. The third-order valence-corrected chi connectivity index (χ3v) is 5.34. The zero-order valence-corrected chi connectivity index (χ0v) is 17.0. The van der Waals surface area contributed by atoms with Crippen molar-refractivity contribution in [3.05, 3.63) is 48.0 Å². The molecule has 3 rings (SSSR count). The van der Waals surface area contributed by atoms with E-state index in [1.807, 2.05) is 0 Å². The van der Waals surface area contributed by atoms with Crippen molar-refractivity contribution in [3.8, 4) is 11.5 Å². The minimum atomic E-state index is -0.268. The molecular formula is C23H28N2O4. The number of hydrogen-bond acceptors (Lipinski definition) is 4. The molecule has 0 radical (unpaired) electrons. The van der Waals surface area contributed by atoms with E-state index in [0.717, 1.165) is 6.42 Å². The Morgan fingerprint density at radius 2 is 1.69 bits per heavy atom. The van der Waals surface area contributed by atoms with Crippen molar-refractivity contribution >= 4 is 23.2 Å². The molecule has 1 saturated carbocycles. The Bertz CT molecular complexity index is 842. The Morgan fingerprint density at radius 3 is 2.34 bits per heavy atom. The molecule has 6 nitrogen and oxygen atoms in total. The number of anilines is 2. The van der Waals surface area contributed by atoms with Crippen LogP contribution in [0.4, 0.5) is 11.4 Å². The van der Waals surface area contributed by atoms with Crippen LogP contribution in [0.3, 0.4) is 0 Å². The fourth-order valence-electron chi connectivity index (χ4n) is 3.68. The molecule has 29 heavy (non-hydrogen) atoms. The Morgan fingerprint density at radius 1 is 0.966 bits per heavy atom. The molecule has 0 saturated heterocycles. The van der Waals surface area contributed by atoms with Gasteiger partial charge in [0.2, 0.25) is 5.91 Å². The highest BCUT2D eigenvalue weighted by molar-refractivity contribution is 6.05. The van der Waals surface area contributed by atoms with E-state index in [1.54, 1.807) is 49.6 Å². The first-order valence-electron chi connectivity index (χ1n) is 10.0. The number of hydrogen-bond donors (Lipinski definition) is 2. The number of carbonyl (C=O) groups excluding carboxylic acids is 2. The fraction of sp³-hybridized carbons (Fsp3) is 0.391. The van der Waals surface area contributed by atoms with Gasteiger partial charge in [0.15, 0.2) is 0 Å². The van der Waals surface area contributed by atoms with E-state index in [1.165, 1.54) is 32.8 Å². The highest BCUT2D eigenvalue weighted by atomic mass is 16.5. The van der Waals surface area contributed by atoms with Crippen LogP contribution in [0.1, 0.15) is 48.9 Å². The number of rotatable bonds is 8. The summed E-state index contributed by atoms with van der Waals surface area (Å²) in [4.78, 5) is 24.9. The molecule has 2 N–H and O–H groups in total. The average molecular weight is 396 g/mol. The van der Waals surface area contributed by atoms with E-state index < -0.39 is 0 Å². The lowest BCUT2D eigenvalue weighted by molar-refractivity contribution is -0.116. The number of carbonyl (C=O) groups is 2. The molecule has 1 aliphatic carbocycles. The second kappa shape index (κ2) is 9.96. The fourth-order valence-corrected chi connectivity index (χ4v) is 3.68.